The standard InChI is InChI=1S/C14H13BrN2O3S/c1-7-8(2)21-12(11(7)13(18)19)17-14(20)16-10-6-4-3-5-9(10)15/h3-6H,1-2H3,(H,18,19)(H2,16,17,20). The Kier molecular flexibility index (Phi) is 4.64. The molecule has 1 aromatic heterocycles. The number of anilines is 2. The monoisotopic (exact) mass is 368 g/mol. The first-order valence-corrected chi connectivity index (χ1v) is 7.67. The molecule has 3 N–H and O–H groups in total. The zero-order valence-electron chi connectivity index (χ0n) is 11.4. The van der Waals surface area contributed by atoms with Crippen LogP contribution in [0.2, 0.25) is 0 Å². The molecule has 0 fully saturated rings. The predicted molar refractivity (Wildman–Crippen MR) is 87.5 cm³/mol. The molecule has 0 spiro atoms. The minimum Gasteiger partial charge on any atom is -0.478 e. The first-order valence-electron chi connectivity index (χ1n) is 6.06. The highest BCUT2D eigenvalue weighted by Gasteiger charge is 2.20. The van der Waals surface area contributed by atoms with E-state index < -0.39 is 12.0 Å². The lowest BCUT2D eigenvalue weighted by Gasteiger charge is -2.08. The molecule has 0 saturated carbocycles. The molecule has 0 bridgehead atoms. The largest absolute Gasteiger partial charge is 0.478 e. The van der Waals surface area contributed by atoms with Crippen LogP contribution in [0.25, 0.3) is 0 Å². The maximum Gasteiger partial charge on any atom is 0.338 e. The summed E-state index contributed by atoms with van der Waals surface area (Å²) in [6.45, 7) is 3.55. The molecule has 0 atom stereocenters. The number of rotatable bonds is 3. The lowest BCUT2D eigenvalue weighted by Crippen LogP contribution is -2.20. The van der Waals surface area contributed by atoms with Crippen molar-refractivity contribution in [1.29, 1.82) is 0 Å². The fourth-order valence-electron chi connectivity index (χ4n) is 1.79. The van der Waals surface area contributed by atoms with E-state index in [1.807, 2.05) is 13.0 Å². The van der Waals surface area contributed by atoms with Crippen LogP contribution in [0.15, 0.2) is 28.7 Å². The van der Waals surface area contributed by atoms with E-state index in [1.165, 1.54) is 11.3 Å². The number of hydrogen-bond donors (Lipinski definition) is 3. The Morgan fingerprint density at radius 1 is 1.19 bits per heavy atom. The number of para-hydroxylation sites is 1. The van der Waals surface area contributed by atoms with E-state index in [0.717, 1.165) is 9.35 Å². The van der Waals surface area contributed by atoms with Crippen molar-refractivity contribution in [2.24, 2.45) is 0 Å². The van der Waals surface area contributed by atoms with Crippen LogP contribution in [0, 0.1) is 13.8 Å². The second-order valence-electron chi connectivity index (χ2n) is 4.35. The van der Waals surface area contributed by atoms with E-state index in [-0.39, 0.29) is 5.56 Å². The minimum absolute atomic E-state index is 0.139. The number of benzene rings is 1. The first kappa shape index (κ1) is 15.5. The van der Waals surface area contributed by atoms with Crippen molar-refractivity contribution in [3.63, 3.8) is 0 Å². The number of aromatic carboxylic acids is 1. The molecule has 7 heteroatoms. The van der Waals surface area contributed by atoms with E-state index in [4.69, 9.17) is 0 Å². The van der Waals surface area contributed by atoms with Gasteiger partial charge in [0.25, 0.3) is 0 Å². The van der Waals surface area contributed by atoms with Crippen molar-refractivity contribution >= 4 is 50.0 Å². The van der Waals surface area contributed by atoms with E-state index in [9.17, 15) is 14.7 Å². The van der Waals surface area contributed by atoms with Gasteiger partial charge in [-0.3, -0.25) is 5.32 Å². The smallest absolute Gasteiger partial charge is 0.338 e. The van der Waals surface area contributed by atoms with Gasteiger partial charge < -0.3 is 10.4 Å². The van der Waals surface area contributed by atoms with Crippen molar-refractivity contribution in [3.8, 4) is 0 Å². The Hall–Kier alpha value is -1.86. The maximum absolute atomic E-state index is 12.0. The summed E-state index contributed by atoms with van der Waals surface area (Å²) in [5.74, 6) is -1.05. The van der Waals surface area contributed by atoms with Gasteiger partial charge in [-0.15, -0.1) is 11.3 Å². The fourth-order valence-corrected chi connectivity index (χ4v) is 3.22. The van der Waals surface area contributed by atoms with Gasteiger partial charge in [0.1, 0.15) is 5.00 Å². The van der Waals surface area contributed by atoms with Crippen molar-refractivity contribution < 1.29 is 14.7 Å². The summed E-state index contributed by atoms with van der Waals surface area (Å²) < 4.78 is 0.747. The lowest BCUT2D eigenvalue weighted by atomic mass is 10.1. The van der Waals surface area contributed by atoms with Gasteiger partial charge in [0, 0.05) is 9.35 Å². The molecule has 0 saturated heterocycles. The number of halogens is 1. The zero-order valence-corrected chi connectivity index (χ0v) is 13.8. The maximum atomic E-state index is 12.0. The van der Waals surface area contributed by atoms with E-state index in [0.29, 0.717) is 16.3 Å². The molecule has 2 amide bonds. The molecule has 0 aliphatic heterocycles. The lowest BCUT2D eigenvalue weighted by molar-refractivity contribution is 0.0697. The summed E-state index contributed by atoms with van der Waals surface area (Å²) in [5.41, 5.74) is 1.42. The van der Waals surface area contributed by atoms with Crippen molar-refractivity contribution in [3.05, 3.63) is 44.7 Å². The van der Waals surface area contributed by atoms with Crippen LogP contribution in [-0.4, -0.2) is 17.1 Å². The number of nitrogens with one attached hydrogen (secondary N) is 2. The highest BCUT2D eigenvalue weighted by Crippen LogP contribution is 2.32. The normalized spacial score (nSPS) is 10.2. The second-order valence-corrected chi connectivity index (χ2v) is 6.43. The number of amides is 2. The number of urea groups is 1. The summed E-state index contributed by atoms with van der Waals surface area (Å²) in [4.78, 5) is 24.1. The molecular weight excluding hydrogens is 356 g/mol. The molecule has 1 aromatic carbocycles. The summed E-state index contributed by atoms with van der Waals surface area (Å²) in [6, 6.07) is 6.69. The Labute approximate surface area is 134 Å². The SMILES string of the molecule is Cc1sc(NC(=O)Nc2ccccc2Br)c(C(=O)O)c1C. The quantitative estimate of drug-likeness (QED) is 0.747. The van der Waals surface area contributed by atoms with Gasteiger partial charge in [-0.2, -0.15) is 0 Å². The predicted octanol–water partition coefficient (Wildman–Crippen LogP) is 4.47. The van der Waals surface area contributed by atoms with Gasteiger partial charge in [0.15, 0.2) is 0 Å². The van der Waals surface area contributed by atoms with Crippen LogP contribution in [0.4, 0.5) is 15.5 Å². The molecular formula is C14H13BrN2O3S. The average Bonchev–Trinajstić information content (AvgIpc) is 2.67. The summed E-state index contributed by atoms with van der Waals surface area (Å²) in [6.07, 6.45) is 0. The van der Waals surface area contributed by atoms with Crippen LogP contribution in [-0.2, 0) is 0 Å². The van der Waals surface area contributed by atoms with Gasteiger partial charge in [-0.1, -0.05) is 12.1 Å². The number of aryl methyl sites for hydroxylation is 1. The number of carbonyl (C=O) groups excluding carboxylic acids is 1. The van der Waals surface area contributed by atoms with Crippen molar-refractivity contribution in [2.75, 3.05) is 10.6 Å². The molecule has 0 unspecified atom stereocenters. The van der Waals surface area contributed by atoms with Crippen LogP contribution in [0.5, 0.6) is 0 Å². The summed E-state index contributed by atoms with van der Waals surface area (Å²) in [7, 11) is 0. The molecule has 110 valence electrons. The third-order valence-electron chi connectivity index (χ3n) is 2.95. The van der Waals surface area contributed by atoms with Crippen LogP contribution >= 0.6 is 27.3 Å². The zero-order chi connectivity index (χ0) is 15.6. The van der Waals surface area contributed by atoms with Gasteiger partial charge in [0.2, 0.25) is 0 Å². The highest BCUT2D eigenvalue weighted by atomic mass is 79.9. The van der Waals surface area contributed by atoms with Gasteiger partial charge in [0.05, 0.1) is 11.3 Å². The third-order valence-corrected chi connectivity index (χ3v) is 4.76. The van der Waals surface area contributed by atoms with Gasteiger partial charge in [-0.25, -0.2) is 9.59 Å². The Balaban J connectivity index is 2.19. The van der Waals surface area contributed by atoms with Gasteiger partial charge in [-0.05, 0) is 47.5 Å². The van der Waals surface area contributed by atoms with E-state index in [1.54, 1.807) is 25.1 Å². The van der Waals surface area contributed by atoms with Crippen molar-refractivity contribution in [1.82, 2.24) is 0 Å². The molecule has 2 rings (SSSR count). The Morgan fingerprint density at radius 3 is 2.48 bits per heavy atom. The molecule has 2 aromatic rings. The molecule has 0 aliphatic rings. The number of hydrogen-bond acceptors (Lipinski definition) is 3. The number of carbonyl (C=O) groups is 2. The third kappa shape index (κ3) is 3.43. The van der Waals surface area contributed by atoms with E-state index >= 15 is 0 Å². The van der Waals surface area contributed by atoms with E-state index in [2.05, 4.69) is 26.6 Å². The van der Waals surface area contributed by atoms with Gasteiger partial charge >= 0.3 is 12.0 Å². The van der Waals surface area contributed by atoms with Crippen LogP contribution in [0.1, 0.15) is 20.8 Å². The molecule has 0 aliphatic carbocycles. The topological polar surface area (TPSA) is 78.4 Å². The fraction of sp³-hybridized carbons (Fsp3) is 0.143. The Morgan fingerprint density at radius 2 is 1.86 bits per heavy atom. The first-order chi connectivity index (χ1) is 9.90. The molecule has 21 heavy (non-hydrogen) atoms. The Bertz CT molecular complexity index is 712. The number of carboxylic acids is 1. The minimum atomic E-state index is -1.05. The van der Waals surface area contributed by atoms with Crippen molar-refractivity contribution in [2.45, 2.75) is 13.8 Å². The molecule has 0 radical (unpaired) electrons. The van der Waals surface area contributed by atoms with Crippen LogP contribution < -0.4 is 10.6 Å². The molecule has 5 nitrogen and oxygen atoms in total. The number of carboxylic acid groups (broad SMARTS) is 1. The highest BCUT2D eigenvalue weighted by molar-refractivity contribution is 9.10. The summed E-state index contributed by atoms with van der Waals surface area (Å²) in [5, 5.41) is 14.8. The molecule has 1 heterocycles. The average molecular weight is 369 g/mol. The second kappa shape index (κ2) is 6.28. The summed E-state index contributed by atoms with van der Waals surface area (Å²) >= 11 is 4.58. The number of thiophene rings is 1. The van der Waals surface area contributed by atoms with Crippen LogP contribution in [0.3, 0.4) is 0 Å².